The number of rotatable bonds is 10. The molecule has 0 unspecified atom stereocenters. The smallest absolute Gasteiger partial charge is 0.411 e. The Morgan fingerprint density at radius 3 is 2.42 bits per heavy atom. The van der Waals surface area contributed by atoms with Crippen molar-refractivity contribution < 1.29 is 24.2 Å². The number of aryl methyl sites for hydroxylation is 1. The second-order valence-corrected chi connectivity index (χ2v) is 9.42. The molecule has 0 aromatic heterocycles. The summed E-state index contributed by atoms with van der Waals surface area (Å²) in [4.78, 5) is 40.0. The number of nitrogens with zero attached hydrogens (tertiary/aromatic N) is 1. The lowest BCUT2D eigenvalue weighted by atomic mass is 9.78. The van der Waals surface area contributed by atoms with Gasteiger partial charge in [0.15, 0.2) is 0 Å². The molecule has 1 heterocycles. The van der Waals surface area contributed by atoms with Crippen LogP contribution in [0.15, 0.2) is 48.5 Å². The van der Waals surface area contributed by atoms with E-state index in [2.05, 4.69) is 17.6 Å². The summed E-state index contributed by atoms with van der Waals surface area (Å²) in [6.45, 7) is 2.88. The maximum absolute atomic E-state index is 13.4. The fourth-order valence-corrected chi connectivity index (χ4v) is 4.40. The zero-order valence-corrected chi connectivity index (χ0v) is 21.4. The third kappa shape index (κ3) is 7.45. The van der Waals surface area contributed by atoms with E-state index >= 15 is 0 Å². The van der Waals surface area contributed by atoms with Crippen molar-refractivity contribution in [1.29, 1.82) is 0 Å². The third-order valence-corrected chi connectivity index (χ3v) is 6.96. The van der Waals surface area contributed by atoms with Gasteiger partial charge in [0.2, 0.25) is 11.8 Å². The summed E-state index contributed by atoms with van der Waals surface area (Å²) in [5.74, 6) is -0.298. The Kier molecular flexibility index (Phi) is 10.1. The highest BCUT2D eigenvalue weighted by atomic mass is 35.5. The van der Waals surface area contributed by atoms with Crippen molar-refractivity contribution in [3.05, 3.63) is 64.7 Å². The molecular formula is C27H34ClN3O5. The van der Waals surface area contributed by atoms with Crippen LogP contribution in [-0.2, 0) is 27.3 Å². The molecular weight excluding hydrogens is 482 g/mol. The fraction of sp³-hybridized carbons (Fsp3) is 0.444. The van der Waals surface area contributed by atoms with Crippen LogP contribution >= 0.6 is 11.6 Å². The topological polar surface area (TPSA) is 108 Å². The lowest BCUT2D eigenvalue weighted by Crippen LogP contribution is -2.52. The highest BCUT2D eigenvalue weighted by Crippen LogP contribution is 2.33. The van der Waals surface area contributed by atoms with Gasteiger partial charge >= 0.3 is 6.09 Å². The van der Waals surface area contributed by atoms with Gasteiger partial charge in [-0.25, -0.2) is 4.79 Å². The van der Waals surface area contributed by atoms with E-state index in [1.165, 1.54) is 0 Å². The van der Waals surface area contributed by atoms with Crippen LogP contribution in [0.4, 0.5) is 10.5 Å². The number of aliphatic hydroxyl groups is 1. The van der Waals surface area contributed by atoms with Crippen LogP contribution in [0.1, 0.15) is 43.7 Å². The minimum Gasteiger partial charge on any atom is -0.448 e. The number of nitrogens with one attached hydrogen (secondary N) is 2. The zero-order chi connectivity index (χ0) is 26.0. The quantitative estimate of drug-likeness (QED) is 0.440. The zero-order valence-electron chi connectivity index (χ0n) is 20.6. The van der Waals surface area contributed by atoms with Gasteiger partial charge in [-0.3, -0.25) is 14.9 Å². The molecule has 1 fully saturated rings. The Hall–Kier alpha value is -3.10. The number of carbonyl (C=O) groups is 3. The van der Waals surface area contributed by atoms with Crippen molar-refractivity contribution in [1.82, 2.24) is 10.2 Å². The van der Waals surface area contributed by atoms with Gasteiger partial charge in [-0.1, -0.05) is 48.9 Å². The molecule has 9 heteroatoms. The third-order valence-electron chi connectivity index (χ3n) is 6.59. The Bertz CT molecular complexity index is 1040. The predicted molar refractivity (Wildman–Crippen MR) is 139 cm³/mol. The molecule has 3 amide bonds. The van der Waals surface area contributed by atoms with Crippen molar-refractivity contribution in [2.75, 3.05) is 31.6 Å². The summed E-state index contributed by atoms with van der Waals surface area (Å²) >= 11 is 6.23. The first kappa shape index (κ1) is 27.5. The monoisotopic (exact) mass is 515 g/mol. The summed E-state index contributed by atoms with van der Waals surface area (Å²) < 4.78 is 5.53. The first-order chi connectivity index (χ1) is 17.4. The van der Waals surface area contributed by atoms with Crippen molar-refractivity contribution in [3.8, 4) is 0 Å². The molecule has 194 valence electrons. The Labute approximate surface area is 217 Å². The van der Waals surface area contributed by atoms with Gasteiger partial charge in [0, 0.05) is 43.4 Å². The van der Waals surface area contributed by atoms with Gasteiger partial charge in [0.05, 0.1) is 5.41 Å². The minimum atomic E-state index is -0.974. The number of aliphatic hydroxyl groups excluding tert-OH is 1. The minimum absolute atomic E-state index is 0.0436. The molecule has 0 radical (unpaired) electrons. The van der Waals surface area contributed by atoms with E-state index in [0.717, 1.165) is 17.5 Å². The Balaban J connectivity index is 1.65. The van der Waals surface area contributed by atoms with Gasteiger partial charge in [-0.15, -0.1) is 0 Å². The first-order valence-electron chi connectivity index (χ1n) is 12.3. The van der Waals surface area contributed by atoms with E-state index in [4.69, 9.17) is 21.4 Å². The SMILES string of the molecule is CCc1ccc(NC(=O)OCC2(C(=O)NCc3ccccc3Cl)CCN(C(=O)CCCO)CC2)cc1. The van der Waals surface area contributed by atoms with Crippen LogP contribution in [0.25, 0.3) is 0 Å². The summed E-state index contributed by atoms with van der Waals surface area (Å²) in [6, 6.07) is 14.7. The lowest BCUT2D eigenvalue weighted by molar-refractivity contribution is -0.143. The molecule has 0 bridgehead atoms. The highest BCUT2D eigenvalue weighted by molar-refractivity contribution is 6.31. The highest BCUT2D eigenvalue weighted by Gasteiger charge is 2.43. The number of hydrogen-bond donors (Lipinski definition) is 3. The van der Waals surface area contributed by atoms with Gasteiger partial charge in [-0.2, -0.15) is 0 Å². The fourth-order valence-electron chi connectivity index (χ4n) is 4.20. The second-order valence-electron chi connectivity index (χ2n) is 9.01. The largest absolute Gasteiger partial charge is 0.448 e. The molecule has 1 saturated heterocycles. The van der Waals surface area contributed by atoms with Gasteiger partial charge < -0.3 is 20.1 Å². The Morgan fingerprint density at radius 1 is 1.08 bits per heavy atom. The maximum Gasteiger partial charge on any atom is 0.411 e. The van der Waals surface area contributed by atoms with Crippen LogP contribution in [0.5, 0.6) is 0 Å². The van der Waals surface area contributed by atoms with Gasteiger partial charge in [0.1, 0.15) is 6.61 Å². The van der Waals surface area contributed by atoms with Crippen molar-refractivity contribution in [2.45, 2.75) is 45.6 Å². The number of likely N-dealkylation sites (tertiary alicyclic amines) is 1. The molecule has 36 heavy (non-hydrogen) atoms. The van der Waals surface area contributed by atoms with Crippen molar-refractivity contribution >= 4 is 35.2 Å². The summed E-state index contributed by atoms with van der Waals surface area (Å²) in [5, 5.41) is 15.2. The molecule has 3 N–H and O–H groups in total. The van der Waals surface area contributed by atoms with E-state index < -0.39 is 11.5 Å². The summed E-state index contributed by atoms with van der Waals surface area (Å²) in [6.07, 6.45) is 1.63. The van der Waals surface area contributed by atoms with Crippen LogP contribution in [0, 0.1) is 5.41 Å². The first-order valence-corrected chi connectivity index (χ1v) is 12.7. The second kappa shape index (κ2) is 13.3. The number of amides is 3. The lowest BCUT2D eigenvalue weighted by Gasteiger charge is -2.40. The average Bonchev–Trinajstić information content (AvgIpc) is 2.90. The number of piperidine rings is 1. The maximum atomic E-state index is 13.4. The van der Waals surface area contributed by atoms with E-state index in [9.17, 15) is 14.4 Å². The van der Waals surface area contributed by atoms with Crippen LogP contribution in [0.3, 0.4) is 0 Å². The number of halogens is 1. The van der Waals surface area contributed by atoms with E-state index in [1.54, 1.807) is 11.0 Å². The number of carbonyl (C=O) groups excluding carboxylic acids is 3. The van der Waals surface area contributed by atoms with E-state index in [-0.39, 0.29) is 38.0 Å². The molecule has 3 rings (SSSR count). The van der Waals surface area contributed by atoms with Gasteiger partial charge in [0.25, 0.3) is 0 Å². The summed E-state index contributed by atoms with van der Waals surface area (Å²) in [5.41, 5.74) is 1.58. The predicted octanol–water partition coefficient (Wildman–Crippen LogP) is 4.15. The standard InChI is InChI=1S/C27H34ClN3O5/c1-2-20-9-11-22(12-10-20)30-26(35)36-19-27(13-15-31(16-14-27)24(33)8-5-17-32)25(34)29-18-21-6-3-4-7-23(21)28/h3-4,6-7,9-12,32H,2,5,8,13-19H2,1H3,(H,29,34)(H,30,35). The number of hydrogen-bond acceptors (Lipinski definition) is 5. The van der Waals surface area contributed by atoms with Crippen molar-refractivity contribution in [3.63, 3.8) is 0 Å². The number of anilines is 1. The molecule has 0 aliphatic carbocycles. The van der Waals surface area contributed by atoms with E-state index in [1.807, 2.05) is 42.5 Å². The molecule has 1 aliphatic heterocycles. The van der Waals surface area contributed by atoms with Gasteiger partial charge in [-0.05, 0) is 55.0 Å². The average molecular weight is 516 g/mol. The Morgan fingerprint density at radius 2 is 1.78 bits per heavy atom. The molecule has 2 aromatic carbocycles. The summed E-state index contributed by atoms with van der Waals surface area (Å²) in [7, 11) is 0. The molecule has 0 atom stereocenters. The number of benzene rings is 2. The molecule has 0 saturated carbocycles. The number of ether oxygens (including phenoxy) is 1. The van der Waals surface area contributed by atoms with Crippen LogP contribution in [-0.4, -0.2) is 54.2 Å². The van der Waals surface area contributed by atoms with E-state index in [0.29, 0.717) is 43.1 Å². The molecule has 2 aromatic rings. The van der Waals surface area contributed by atoms with Crippen LogP contribution in [0.2, 0.25) is 5.02 Å². The van der Waals surface area contributed by atoms with Crippen LogP contribution < -0.4 is 10.6 Å². The molecule has 1 aliphatic rings. The van der Waals surface area contributed by atoms with Crippen molar-refractivity contribution in [2.24, 2.45) is 5.41 Å². The molecule has 8 nitrogen and oxygen atoms in total. The molecule has 0 spiro atoms. The normalized spacial score (nSPS) is 14.7.